The standard InChI is InChI=1S/C26H21NO5/c1-30-23-18-19(12-14-22(23)31-17-16-27)13-15-24(28)32-26(21-10-6-3-7-11-21)25(29)20-8-4-2-5-9-20/h2-15,18,26H,17H2,1H3/b15-13+. The molecule has 160 valence electrons. The first-order valence-electron chi connectivity index (χ1n) is 9.83. The summed E-state index contributed by atoms with van der Waals surface area (Å²) in [5, 5.41) is 8.65. The molecule has 0 fully saturated rings. The van der Waals surface area contributed by atoms with E-state index < -0.39 is 12.1 Å². The number of hydrogen-bond acceptors (Lipinski definition) is 6. The molecule has 0 amide bonds. The summed E-state index contributed by atoms with van der Waals surface area (Å²) in [5.74, 6) is -0.116. The first-order valence-corrected chi connectivity index (χ1v) is 9.83. The third-order valence-corrected chi connectivity index (χ3v) is 4.52. The summed E-state index contributed by atoms with van der Waals surface area (Å²) in [6, 6.07) is 24.5. The molecule has 1 unspecified atom stereocenters. The molecule has 0 saturated carbocycles. The Kier molecular flexibility index (Phi) is 7.77. The van der Waals surface area contributed by atoms with Gasteiger partial charge in [0.05, 0.1) is 7.11 Å². The smallest absolute Gasteiger partial charge is 0.331 e. The van der Waals surface area contributed by atoms with Crippen molar-refractivity contribution in [3.8, 4) is 17.6 Å². The van der Waals surface area contributed by atoms with Crippen LogP contribution in [0.5, 0.6) is 11.5 Å². The minimum absolute atomic E-state index is 0.103. The third kappa shape index (κ3) is 5.83. The van der Waals surface area contributed by atoms with Crippen LogP contribution in [0.4, 0.5) is 0 Å². The van der Waals surface area contributed by atoms with Crippen LogP contribution in [0.1, 0.15) is 27.6 Å². The summed E-state index contributed by atoms with van der Waals surface area (Å²) in [6.45, 7) is -0.103. The van der Waals surface area contributed by atoms with Gasteiger partial charge in [-0.05, 0) is 23.8 Å². The number of nitriles is 1. The van der Waals surface area contributed by atoms with E-state index in [0.717, 1.165) is 0 Å². The highest BCUT2D eigenvalue weighted by molar-refractivity contribution is 6.01. The summed E-state index contributed by atoms with van der Waals surface area (Å²) in [4.78, 5) is 25.6. The molecular weight excluding hydrogens is 406 g/mol. The van der Waals surface area contributed by atoms with E-state index in [2.05, 4.69) is 0 Å². The molecule has 3 aromatic carbocycles. The van der Waals surface area contributed by atoms with Gasteiger partial charge >= 0.3 is 5.97 Å². The van der Waals surface area contributed by atoms with Crippen LogP contribution >= 0.6 is 0 Å². The van der Waals surface area contributed by atoms with Crippen molar-refractivity contribution in [1.82, 2.24) is 0 Å². The molecule has 32 heavy (non-hydrogen) atoms. The Labute approximate surface area is 186 Å². The Bertz CT molecular complexity index is 1130. The van der Waals surface area contributed by atoms with Crippen molar-refractivity contribution in [2.75, 3.05) is 13.7 Å². The Morgan fingerprint density at radius 1 is 0.969 bits per heavy atom. The Morgan fingerprint density at radius 3 is 2.31 bits per heavy atom. The van der Waals surface area contributed by atoms with E-state index in [1.54, 1.807) is 72.8 Å². The van der Waals surface area contributed by atoms with Crippen molar-refractivity contribution in [3.05, 3.63) is 102 Å². The zero-order valence-corrected chi connectivity index (χ0v) is 17.4. The van der Waals surface area contributed by atoms with E-state index in [1.165, 1.54) is 13.2 Å². The maximum absolute atomic E-state index is 13.0. The molecular formula is C26H21NO5. The number of benzene rings is 3. The number of Topliss-reactive ketones (excluding diaryl/α,β-unsaturated/α-hetero) is 1. The monoisotopic (exact) mass is 427 g/mol. The van der Waals surface area contributed by atoms with E-state index in [1.807, 2.05) is 18.2 Å². The van der Waals surface area contributed by atoms with E-state index in [4.69, 9.17) is 19.5 Å². The fourth-order valence-electron chi connectivity index (χ4n) is 2.99. The fraction of sp³-hybridized carbons (Fsp3) is 0.115. The Hall–Kier alpha value is -4.37. The molecule has 6 heteroatoms. The molecule has 0 aliphatic heterocycles. The van der Waals surface area contributed by atoms with Gasteiger partial charge in [-0.1, -0.05) is 66.7 Å². The average Bonchev–Trinajstić information content (AvgIpc) is 2.85. The second-order valence-electron chi connectivity index (χ2n) is 6.65. The zero-order valence-electron chi connectivity index (χ0n) is 17.4. The van der Waals surface area contributed by atoms with Gasteiger partial charge in [-0.15, -0.1) is 0 Å². The normalized spacial score (nSPS) is 11.4. The highest BCUT2D eigenvalue weighted by atomic mass is 16.5. The van der Waals surface area contributed by atoms with Gasteiger partial charge in [-0.25, -0.2) is 4.79 Å². The van der Waals surface area contributed by atoms with Gasteiger partial charge in [0.15, 0.2) is 24.2 Å². The van der Waals surface area contributed by atoms with Crippen molar-refractivity contribution < 1.29 is 23.8 Å². The molecule has 1 atom stereocenters. The lowest BCUT2D eigenvalue weighted by Gasteiger charge is -2.16. The molecule has 0 N–H and O–H groups in total. The molecule has 0 saturated heterocycles. The topological polar surface area (TPSA) is 85.6 Å². The predicted octanol–water partition coefficient (Wildman–Crippen LogP) is 4.78. The summed E-state index contributed by atoms with van der Waals surface area (Å²) in [5.41, 5.74) is 1.70. The number of hydrogen-bond donors (Lipinski definition) is 0. The minimum Gasteiger partial charge on any atom is -0.493 e. The minimum atomic E-state index is -1.06. The predicted molar refractivity (Wildman–Crippen MR) is 119 cm³/mol. The number of ketones is 1. The number of carbonyl (C=O) groups excluding carboxylic acids is 2. The number of methoxy groups -OCH3 is 1. The van der Waals surface area contributed by atoms with Crippen LogP contribution in [0.3, 0.4) is 0 Å². The van der Waals surface area contributed by atoms with E-state index >= 15 is 0 Å². The van der Waals surface area contributed by atoms with Crippen LogP contribution < -0.4 is 9.47 Å². The average molecular weight is 427 g/mol. The molecule has 6 nitrogen and oxygen atoms in total. The van der Waals surface area contributed by atoms with E-state index in [9.17, 15) is 9.59 Å². The quantitative estimate of drug-likeness (QED) is 0.278. The first kappa shape index (κ1) is 22.3. The largest absolute Gasteiger partial charge is 0.493 e. The second kappa shape index (κ2) is 11.1. The van der Waals surface area contributed by atoms with Crippen molar-refractivity contribution in [3.63, 3.8) is 0 Å². The van der Waals surface area contributed by atoms with Crippen LogP contribution in [-0.2, 0) is 9.53 Å². The summed E-state index contributed by atoms with van der Waals surface area (Å²) in [6.07, 6.45) is 1.74. The molecule has 0 radical (unpaired) electrons. The molecule has 3 aromatic rings. The van der Waals surface area contributed by atoms with Crippen LogP contribution in [-0.4, -0.2) is 25.5 Å². The van der Waals surface area contributed by atoms with Crippen LogP contribution in [0.15, 0.2) is 84.9 Å². The van der Waals surface area contributed by atoms with Gasteiger partial charge in [0.2, 0.25) is 5.78 Å². The maximum Gasteiger partial charge on any atom is 0.331 e. The number of nitrogens with zero attached hydrogens (tertiary/aromatic N) is 1. The number of carbonyl (C=O) groups is 2. The lowest BCUT2D eigenvalue weighted by molar-refractivity contribution is -0.141. The van der Waals surface area contributed by atoms with Gasteiger partial charge in [-0.3, -0.25) is 4.79 Å². The number of ether oxygens (including phenoxy) is 3. The van der Waals surface area contributed by atoms with Gasteiger partial charge in [0, 0.05) is 17.2 Å². The summed E-state index contributed by atoms with van der Waals surface area (Å²) >= 11 is 0. The lowest BCUT2D eigenvalue weighted by atomic mass is 10.00. The highest BCUT2D eigenvalue weighted by Gasteiger charge is 2.25. The summed E-state index contributed by atoms with van der Waals surface area (Å²) in [7, 11) is 1.48. The summed E-state index contributed by atoms with van der Waals surface area (Å²) < 4.78 is 16.1. The Balaban J connectivity index is 1.77. The van der Waals surface area contributed by atoms with Gasteiger partial charge in [0.1, 0.15) is 6.07 Å². The van der Waals surface area contributed by atoms with E-state index in [-0.39, 0.29) is 12.4 Å². The number of rotatable bonds is 9. The SMILES string of the molecule is COc1cc(/C=C/C(=O)OC(C(=O)c2ccccc2)c2ccccc2)ccc1OCC#N. The molecule has 3 rings (SSSR count). The molecule has 0 bridgehead atoms. The second-order valence-corrected chi connectivity index (χ2v) is 6.65. The Morgan fingerprint density at radius 2 is 1.66 bits per heavy atom. The zero-order chi connectivity index (χ0) is 22.8. The van der Waals surface area contributed by atoms with Crippen molar-refractivity contribution in [2.45, 2.75) is 6.10 Å². The molecule has 0 aliphatic carbocycles. The van der Waals surface area contributed by atoms with Crippen LogP contribution in [0.2, 0.25) is 0 Å². The molecule has 0 spiro atoms. The highest BCUT2D eigenvalue weighted by Crippen LogP contribution is 2.29. The van der Waals surface area contributed by atoms with Crippen LogP contribution in [0.25, 0.3) is 6.08 Å². The van der Waals surface area contributed by atoms with E-state index in [0.29, 0.717) is 28.2 Å². The maximum atomic E-state index is 13.0. The first-order chi connectivity index (χ1) is 15.6. The molecule has 0 aliphatic rings. The van der Waals surface area contributed by atoms with Crippen LogP contribution in [0, 0.1) is 11.3 Å². The van der Waals surface area contributed by atoms with Gasteiger partial charge in [-0.2, -0.15) is 5.26 Å². The van der Waals surface area contributed by atoms with Crippen molar-refractivity contribution >= 4 is 17.8 Å². The van der Waals surface area contributed by atoms with Gasteiger partial charge in [0.25, 0.3) is 0 Å². The van der Waals surface area contributed by atoms with Crippen molar-refractivity contribution in [1.29, 1.82) is 5.26 Å². The van der Waals surface area contributed by atoms with Gasteiger partial charge < -0.3 is 14.2 Å². The lowest BCUT2D eigenvalue weighted by Crippen LogP contribution is -2.19. The number of esters is 1. The molecule has 0 heterocycles. The third-order valence-electron chi connectivity index (χ3n) is 4.52. The van der Waals surface area contributed by atoms with Crippen molar-refractivity contribution in [2.24, 2.45) is 0 Å². The molecule has 0 aromatic heterocycles. The fourth-order valence-corrected chi connectivity index (χ4v) is 2.99.